The number of anilines is 1. The summed E-state index contributed by atoms with van der Waals surface area (Å²) in [5.41, 5.74) is 4.11. The molecule has 2 aromatic carbocycles. The molecule has 0 spiro atoms. The number of hydrogen-bond acceptors (Lipinski definition) is 4. The van der Waals surface area contributed by atoms with Crippen LogP contribution in [-0.4, -0.2) is 32.1 Å². The molecule has 1 atom stereocenters. The van der Waals surface area contributed by atoms with Crippen LogP contribution in [0.5, 0.6) is 0 Å². The van der Waals surface area contributed by atoms with Crippen molar-refractivity contribution in [2.24, 2.45) is 0 Å². The van der Waals surface area contributed by atoms with E-state index in [-0.39, 0.29) is 0 Å². The van der Waals surface area contributed by atoms with Gasteiger partial charge in [0.15, 0.2) is 0 Å². The molecular weight excluding hydrogens is 316 g/mol. The highest BCUT2D eigenvalue weighted by Gasteiger charge is 2.19. The fourth-order valence-corrected chi connectivity index (χ4v) is 4.57. The third kappa shape index (κ3) is 3.61. The molecule has 0 aromatic heterocycles. The fraction of sp³-hybridized carbons (Fsp3) is 0.400. The van der Waals surface area contributed by atoms with Crippen molar-refractivity contribution in [3.63, 3.8) is 0 Å². The van der Waals surface area contributed by atoms with Gasteiger partial charge in [-0.15, -0.1) is 11.8 Å². The minimum atomic E-state index is 0.473. The van der Waals surface area contributed by atoms with Crippen molar-refractivity contribution in [2.45, 2.75) is 23.9 Å². The van der Waals surface area contributed by atoms with Gasteiger partial charge in [0, 0.05) is 36.3 Å². The van der Waals surface area contributed by atoms with Crippen molar-refractivity contribution < 1.29 is 4.74 Å². The van der Waals surface area contributed by atoms with Gasteiger partial charge >= 0.3 is 0 Å². The Kier molecular flexibility index (Phi) is 5.07. The first-order valence-corrected chi connectivity index (χ1v) is 9.75. The molecule has 1 saturated heterocycles. The van der Waals surface area contributed by atoms with Gasteiger partial charge in [-0.1, -0.05) is 30.3 Å². The number of rotatable bonds is 4. The van der Waals surface area contributed by atoms with Crippen LogP contribution in [0.25, 0.3) is 0 Å². The molecule has 4 rings (SSSR count). The van der Waals surface area contributed by atoms with Crippen molar-refractivity contribution in [2.75, 3.05) is 37.0 Å². The number of nitrogens with zero attached hydrogens (tertiary/aromatic N) is 1. The van der Waals surface area contributed by atoms with Crippen LogP contribution < -0.4 is 10.2 Å². The molecule has 126 valence electrons. The van der Waals surface area contributed by atoms with Crippen LogP contribution >= 0.6 is 11.8 Å². The lowest BCUT2D eigenvalue weighted by atomic mass is 10.0. The molecule has 0 bridgehead atoms. The second-order valence-electron chi connectivity index (χ2n) is 6.37. The summed E-state index contributed by atoms with van der Waals surface area (Å²) in [7, 11) is 0. The van der Waals surface area contributed by atoms with E-state index >= 15 is 0 Å². The summed E-state index contributed by atoms with van der Waals surface area (Å²) in [5, 5.41) is 3.75. The van der Waals surface area contributed by atoms with E-state index in [1.807, 2.05) is 11.8 Å². The van der Waals surface area contributed by atoms with Crippen LogP contribution in [0.3, 0.4) is 0 Å². The highest BCUT2D eigenvalue weighted by atomic mass is 32.2. The Labute approximate surface area is 148 Å². The monoisotopic (exact) mass is 340 g/mol. The van der Waals surface area contributed by atoms with Gasteiger partial charge in [-0.05, 0) is 41.5 Å². The quantitative estimate of drug-likeness (QED) is 0.914. The van der Waals surface area contributed by atoms with E-state index in [2.05, 4.69) is 58.7 Å². The van der Waals surface area contributed by atoms with Crippen LogP contribution in [0.1, 0.15) is 23.6 Å². The minimum absolute atomic E-state index is 0.473. The van der Waals surface area contributed by atoms with Gasteiger partial charge in [0.25, 0.3) is 0 Å². The number of nitrogens with one attached hydrogen (secondary N) is 1. The predicted molar refractivity (Wildman–Crippen MR) is 101 cm³/mol. The zero-order valence-corrected chi connectivity index (χ0v) is 14.7. The normalized spacial score (nSPS) is 20.7. The smallest absolute Gasteiger partial charge is 0.0642 e. The van der Waals surface area contributed by atoms with Gasteiger partial charge in [0.05, 0.1) is 13.2 Å². The van der Waals surface area contributed by atoms with Gasteiger partial charge in [-0.2, -0.15) is 0 Å². The molecule has 0 saturated carbocycles. The summed E-state index contributed by atoms with van der Waals surface area (Å²) in [6.45, 7) is 4.58. The van der Waals surface area contributed by atoms with Gasteiger partial charge in [0.2, 0.25) is 0 Å². The van der Waals surface area contributed by atoms with E-state index in [1.54, 1.807) is 0 Å². The molecule has 24 heavy (non-hydrogen) atoms. The predicted octanol–water partition coefficient (Wildman–Crippen LogP) is 3.85. The number of hydrogen-bond donors (Lipinski definition) is 1. The molecule has 2 aliphatic rings. The molecule has 2 heterocycles. The van der Waals surface area contributed by atoms with Crippen molar-refractivity contribution in [3.05, 3.63) is 59.7 Å². The summed E-state index contributed by atoms with van der Waals surface area (Å²) in [5.74, 6) is 1.20. The van der Waals surface area contributed by atoms with Crippen LogP contribution in [0, 0.1) is 0 Å². The largest absolute Gasteiger partial charge is 0.378 e. The Balaban J connectivity index is 1.38. The molecule has 2 aliphatic heterocycles. The number of ether oxygens (including phenoxy) is 1. The maximum absolute atomic E-state index is 5.43. The summed E-state index contributed by atoms with van der Waals surface area (Å²) < 4.78 is 5.43. The van der Waals surface area contributed by atoms with E-state index in [0.717, 1.165) is 32.8 Å². The number of morpholine rings is 1. The van der Waals surface area contributed by atoms with Gasteiger partial charge in [-0.3, -0.25) is 0 Å². The second-order valence-corrected chi connectivity index (χ2v) is 7.51. The van der Waals surface area contributed by atoms with Crippen LogP contribution in [0.15, 0.2) is 53.4 Å². The van der Waals surface area contributed by atoms with Crippen LogP contribution in [0.4, 0.5) is 5.69 Å². The molecule has 2 aromatic rings. The Morgan fingerprint density at radius 3 is 2.67 bits per heavy atom. The lowest BCUT2D eigenvalue weighted by molar-refractivity contribution is 0.122. The Bertz CT molecular complexity index is 668. The lowest BCUT2D eigenvalue weighted by Crippen LogP contribution is -2.36. The maximum atomic E-state index is 5.43. The van der Waals surface area contributed by atoms with Crippen molar-refractivity contribution in [1.29, 1.82) is 0 Å². The van der Waals surface area contributed by atoms with Crippen molar-refractivity contribution >= 4 is 17.4 Å². The molecule has 4 heteroatoms. The van der Waals surface area contributed by atoms with Crippen molar-refractivity contribution in [3.8, 4) is 0 Å². The SMILES string of the molecule is c1ccc2c(c1)SCC[C@H]2NCc1ccc(N2CCOCC2)cc1. The van der Waals surface area contributed by atoms with Gasteiger partial charge in [-0.25, -0.2) is 0 Å². The highest BCUT2D eigenvalue weighted by molar-refractivity contribution is 7.99. The molecule has 3 nitrogen and oxygen atoms in total. The first kappa shape index (κ1) is 16.0. The van der Waals surface area contributed by atoms with E-state index in [9.17, 15) is 0 Å². The summed E-state index contributed by atoms with van der Waals surface area (Å²) in [6, 6.07) is 18.3. The molecule has 0 amide bonds. The highest BCUT2D eigenvalue weighted by Crippen LogP contribution is 2.35. The average Bonchev–Trinajstić information content (AvgIpc) is 2.67. The standard InChI is InChI=1S/C20H24N2OS/c1-2-4-20-18(3-1)19(9-14-24-20)21-15-16-5-7-17(8-6-16)22-10-12-23-13-11-22/h1-8,19,21H,9-15H2/t19-/m1/s1. The molecule has 1 N–H and O–H groups in total. The summed E-state index contributed by atoms with van der Waals surface area (Å²) in [6.07, 6.45) is 1.20. The minimum Gasteiger partial charge on any atom is -0.378 e. The third-order valence-corrected chi connectivity index (χ3v) is 5.95. The topological polar surface area (TPSA) is 24.5 Å². The Hall–Kier alpha value is -1.49. The average molecular weight is 340 g/mol. The Morgan fingerprint density at radius 2 is 1.83 bits per heavy atom. The number of fused-ring (bicyclic) bond motifs is 1. The van der Waals surface area contributed by atoms with Crippen LogP contribution in [-0.2, 0) is 11.3 Å². The molecule has 1 fully saturated rings. The fourth-order valence-electron chi connectivity index (χ4n) is 3.44. The first-order chi connectivity index (χ1) is 11.9. The van der Waals surface area contributed by atoms with E-state index in [4.69, 9.17) is 4.74 Å². The van der Waals surface area contributed by atoms with Crippen LogP contribution in [0.2, 0.25) is 0 Å². The molecule has 0 aliphatic carbocycles. The van der Waals surface area contributed by atoms with Gasteiger partial charge in [0.1, 0.15) is 0 Å². The lowest BCUT2D eigenvalue weighted by Gasteiger charge is -2.29. The van der Waals surface area contributed by atoms with E-state index in [1.165, 1.54) is 33.9 Å². The summed E-state index contributed by atoms with van der Waals surface area (Å²) >= 11 is 1.98. The van der Waals surface area contributed by atoms with E-state index < -0.39 is 0 Å². The maximum Gasteiger partial charge on any atom is 0.0642 e. The number of thioether (sulfide) groups is 1. The first-order valence-electron chi connectivity index (χ1n) is 8.77. The van der Waals surface area contributed by atoms with E-state index in [0.29, 0.717) is 6.04 Å². The molecule has 0 unspecified atom stereocenters. The van der Waals surface area contributed by atoms with Crippen molar-refractivity contribution in [1.82, 2.24) is 5.32 Å². The zero-order chi connectivity index (χ0) is 16.2. The molecule has 0 radical (unpaired) electrons. The van der Waals surface area contributed by atoms with Gasteiger partial charge < -0.3 is 15.0 Å². The Morgan fingerprint density at radius 1 is 1.04 bits per heavy atom. The molecular formula is C20H24N2OS. The second kappa shape index (κ2) is 7.60. The zero-order valence-electron chi connectivity index (χ0n) is 13.9. The summed E-state index contributed by atoms with van der Waals surface area (Å²) in [4.78, 5) is 3.83. The third-order valence-electron chi connectivity index (χ3n) is 4.82. The number of benzene rings is 2.